The van der Waals surface area contributed by atoms with Gasteiger partial charge in [0.2, 0.25) is 0 Å². The molecule has 2 fully saturated rings. The van der Waals surface area contributed by atoms with Crippen molar-refractivity contribution in [2.75, 3.05) is 59.0 Å². The number of H-pyrrole nitrogens is 1. The fourth-order valence-corrected chi connectivity index (χ4v) is 4.51. The zero-order chi connectivity index (χ0) is 23.2. The normalized spacial score (nSPS) is 17.9. The van der Waals surface area contributed by atoms with Crippen LogP contribution in [0.15, 0.2) is 40.1 Å². The van der Waals surface area contributed by atoms with Gasteiger partial charge in [-0.15, -0.1) is 0 Å². The summed E-state index contributed by atoms with van der Waals surface area (Å²) >= 11 is 6.27. The number of nitrogens with zero attached hydrogens (tertiary/aromatic N) is 3. The lowest BCUT2D eigenvalue weighted by atomic mass is 9.97. The fraction of sp³-hybridized carbons (Fsp3) is 0.522. The third-order valence-corrected chi connectivity index (χ3v) is 6.61. The van der Waals surface area contributed by atoms with E-state index in [0.717, 1.165) is 58.8 Å². The number of piperidine rings is 1. The maximum Gasteiger partial charge on any atom is 0.332 e. The van der Waals surface area contributed by atoms with Gasteiger partial charge in [-0.1, -0.05) is 11.6 Å². The van der Waals surface area contributed by atoms with E-state index in [1.54, 1.807) is 18.2 Å². The van der Waals surface area contributed by atoms with Gasteiger partial charge >= 0.3 is 5.69 Å². The second-order valence-corrected chi connectivity index (χ2v) is 8.96. The van der Waals surface area contributed by atoms with Crippen molar-refractivity contribution < 1.29 is 9.53 Å². The summed E-state index contributed by atoms with van der Waals surface area (Å²) in [5, 5.41) is 3.67. The third kappa shape index (κ3) is 6.11. The van der Waals surface area contributed by atoms with Crippen LogP contribution in [0.4, 0.5) is 0 Å². The van der Waals surface area contributed by atoms with Crippen LogP contribution in [-0.4, -0.2) is 84.3 Å². The molecule has 0 saturated carbocycles. The van der Waals surface area contributed by atoms with Gasteiger partial charge in [-0.05, 0) is 37.0 Å². The number of amides is 1. The number of aromatic amines is 1. The molecule has 178 valence electrons. The van der Waals surface area contributed by atoms with E-state index >= 15 is 0 Å². The number of likely N-dealkylation sites (tertiary alicyclic amines) is 1. The van der Waals surface area contributed by atoms with E-state index in [1.807, 2.05) is 4.90 Å². The van der Waals surface area contributed by atoms with E-state index in [2.05, 4.69) is 15.2 Å². The van der Waals surface area contributed by atoms with E-state index in [1.165, 1.54) is 16.8 Å². The summed E-state index contributed by atoms with van der Waals surface area (Å²) in [7, 11) is 0. The molecule has 1 aromatic heterocycles. The number of hydrogen-bond donors (Lipinski definition) is 2. The second kappa shape index (κ2) is 11.1. The number of ether oxygens (including phenoxy) is 1. The van der Waals surface area contributed by atoms with Crippen molar-refractivity contribution in [2.24, 2.45) is 5.92 Å². The number of benzene rings is 1. The zero-order valence-corrected chi connectivity index (χ0v) is 19.4. The number of rotatable bonds is 7. The Morgan fingerprint density at radius 1 is 1.09 bits per heavy atom. The minimum Gasteiger partial charge on any atom is -0.380 e. The molecule has 3 heterocycles. The summed E-state index contributed by atoms with van der Waals surface area (Å²) in [5.41, 5.74) is -0.281. The number of carbonyl (C=O) groups is 1. The number of piperazine rings is 1. The molecule has 2 aromatic rings. The SMILES string of the molecule is O=C(c1ccc(Cl)c(-n2ccc(=O)[nH]c2=O)c1)N1CCC(COCCN2CCNCC2)CC1. The lowest BCUT2D eigenvalue weighted by Crippen LogP contribution is -2.44. The molecular weight excluding hydrogens is 446 g/mol. The van der Waals surface area contributed by atoms with Crippen LogP contribution < -0.4 is 16.6 Å². The highest BCUT2D eigenvalue weighted by atomic mass is 35.5. The van der Waals surface area contributed by atoms with Gasteiger partial charge in [0.1, 0.15) is 0 Å². The highest BCUT2D eigenvalue weighted by Crippen LogP contribution is 2.24. The fourth-order valence-electron chi connectivity index (χ4n) is 4.30. The van der Waals surface area contributed by atoms with Crippen LogP contribution in [0.3, 0.4) is 0 Å². The monoisotopic (exact) mass is 475 g/mol. The number of halogens is 1. The first kappa shape index (κ1) is 23.7. The van der Waals surface area contributed by atoms with Crippen molar-refractivity contribution in [2.45, 2.75) is 12.8 Å². The molecule has 0 atom stereocenters. The first-order valence-corrected chi connectivity index (χ1v) is 11.8. The molecule has 10 heteroatoms. The van der Waals surface area contributed by atoms with E-state index in [4.69, 9.17) is 16.3 Å². The van der Waals surface area contributed by atoms with Crippen molar-refractivity contribution >= 4 is 17.5 Å². The van der Waals surface area contributed by atoms with Gasteiger partial charge in [0.15, 0.2) is 0 Å². The van der Waals surface area contributed by atoms with E-state index in [0.29, 0.717) is 35.3 Å². The Labute approximate surface area is 197 Å². The van der Waals surface area contributed by atoms with Crippen LogP contribution in [-0.2, 0) is 4.74 Å². The summed E-state index contributed by atoms with van der Waals surface area (Å²) in [5.74, 6) is 0.362. The van der Waals surface area contributed by atoms with Crippen LogP contribution in [0.2, 0.25) is 5.02 Å². The molecule has 2 saturated heterocycles. The van der Waals surface area contributed by atoms with Crippen molar-refractivity contribution in [3.63, 3.8) is 0 Å². The maximum absolute atomic E-state index is 13.1. The Kier molecular flexibility index (Phi) is 7.97. The topological polar surface area (TPSA) is 99.7 Å². The van der Waals surface area contributed by atoms with E-state index < -0.39 is 11.2 Å². The molecule has 1 aromatic carbocycles. The van der Waals surface area contributed by atoms with Gasteiger partial charge < -0.3 is 15.0 Å². The highest BCUT2D eigenvalue weighted by molar-refractivity contribution is 6.32. The van der Waals surface area contributed by atoms with Crippen LogP contribution in [0.1, 0.15) is 23.2 Å². The quantitative estimate of drug-likeness (QED) is 0.578. The lowest BCUT2D eigenvalue weighted by molar-refractivity contribution is 0.0449. The Bertz CT molecular complexity index is 1070. The number of hydrogen-bond acceptors (Lipinski definition) is 6. The van der Waals surface area contributed by atoms with Gasteiger partial charge in [-0.25, -0.2) is 4.79 Å². The molecule has 33 heavy (non-hydrogen) atoms. The molecule has 2 N–H and O–H groups in total. The van der Waals surface area contributed by atoms with Gasteiger partial charge in [0.05, 0.1) is 17.3 Å². The number of nitrogens with one attached hydrogen (secondary N) is 2. The average molecular weight is 476 g/mol. The van der Waals surface area contributed by atoms with Crippen molar-refractivity contribution in [1.29, 1.82) is 0 Å². The first-order chi connectivity index (χ1) is 16.0. The predicted molar refractivity (Wildman–Crippen MR) is 126 cm³/mol. The smallest absolute Gasteiger partial charge is 0.332 e. The maximum atomic E-state index is 13.1. The molecule has 1 amide bonds. The van der Waals surface area contributed by atoms with E-state index in [-0.39, 0.29) is 5.91 Å². The largest absolute Gasteiger partial charge is 0.380 e. The second-order valence-electron chi connectivity index (χ2n) is 8.55. The van der Waals surface area contributed by atoms with Crippen molar-refractivity contribution in [1.82, 2.24) is 24.7 Å². The Hall–Kier alpha value is -2.46. The molecule has 4 rings (SSSR count). The summed E-state index contributed by atoms with van der Waals surface area (Å²) in [6.07, 6.45) is 3.16. The molecule has 2 aliphatic heterocycles. The number of carbonyl (C=O) groups excluding carboxylic acids is 1. The van der Waals surface area contributed by atoms with Crippen LogP contribution in [0.25, 0.3) is 5.69 Å². The summed E-state index contributed by atoms with van der Waals surface area (Å²) in [6, 6.07) is 6.09. The summed E-state index contributed by atoms with van der Waals surface area (Å²) in [6.45, 7) is 8.02. The van der Waals surface area contributed by atoms with Gasteiger partial charge in [0.25, 0.3) is 11.5 Å². The molecule has 0 radical (unpaired) electrons. The zero-order valence-electron chi connectivity index (χ0n) is 18.6. The molecule has 9 nitrogen and oxygen atoms in total. The van der Waals surface area contributed by atoms with Crippen LogP contribution in [0.5, 0.6) is 0 Å². The average Bonchev–Trinajstić information content (AvgIpc) is 2.83. The van der Waals surface area contributed by atoms with Crippen LogP contribution in [0, 0.1) is 5.92 Å². The third-order valence-electron chi connectivity index (χ3n) is 6.29. The Morgan fingerprint density at radius 3 is 2.58 bits per heavy atom. The van der Waals surface area contributed by atoms with Gasteiger partial charge in [-0.3, -0.25) is 24.0 Å². The summed E-state index contributed by atoms with van der Waals surface area (Å²) < 4.78 is 7.14. The first-order valence-electron chi connectivity index (χ1n) is 11.4. The van der Waals surface area contributed by atoms with Crippen molar-refractivity contribution in [3.8, 4) is 5.69 Å². The Balaban J connectivity index is 1.29. The van der Waals surface area contributed by atoms with Gasteiger partial charge in [-0.2, -0.15) is 0 Å². The summed E-state index contributed by atoms with van der Waals surface area (Å²) in [4.78, 5) is 43.0. The molecular formula is C23H30ClN5O4. The predicted octanol–water partition coefficient (Wildman–Crippen LogP) is 0.953. The Morgan fingerprint density at radius 2 is 1.85 bits per heavy atom. The molecule has 0 unspecified atom stereocenters. The lowest BCUT2D eigenvalue weighted by Gasteiger charge is -2.32. The van der Waals surface area contributed by atoms with Gasteiger partial charge in [0, 0.05) is 70.2 Å². The molecule has 2 aliphatic rings. The minimum absolute atomic E-state index is 0.0940. The standard InChI is InChI=1S/C23H30ClN5O4/c24-19-2-1-18(15-20(19)29-10-5-21(30)26-23(29)32)22(31)28-8-3-17(4-9-28)16-33-14-13-27-11-6-25-7-12-27/h1-2,5,10,15,17,25H,3-4,6-9,11-14,16H2,(H,26,30,32). The molecule has 0 bridgehead atoms. The minimum atomic E-state index is -0.605. The van der Waals surface area contributed by atoms with E-state index in [9.17, 15) is 14.4 Å². The molecule has 0 aliphatic carbocycles. The molecule has 0 spiro atoms. The van der Waals surface area contributed by atoms with Crippen LogP contribution >= 0.6 is 11.6 Å². The number of aromatic nitrogens is 2. The van der Waals surface area contributed by atoms with Crippen molar-refractivity contribution in [3.05, 3.63) is 61.9 Å². The highest BCUT2D eigenvalue weighted by Gasteiger charge is 2.24.